The zero-order chi connectivity index (χ0) is 14.9. The number of aromatic nitrogens is 3. The van der Waals surface area contributed by atoms with Crippen molar-refractivity contribution in [1.29, 1.82) is 0 Å². The molecule has 0 spiro atoms. The van der Waals surface area contributed by atoms with Gasteiger partial charge in [0.1, 0.15) is 0 Å². The number of ether oxygens (including phenoxy) is 1. The summed E-state index contributed by atoms with van der Waals surface area (Å²) < 4.78 is 20.4. The molecule has 0 radical (unpaired) electrons. The van der Waals surface area contributed by atoms with Gasteiger partial charge in [-0.05, 0) is 31.7 Å². The van der Waals surface area contributed by atoms with Crippen LogP contribution >= 0.6 is 11.8 Å². The maximum absolute atomic E-state index is 13.7. The van der Waals surface area contributed by atoms with Crippen molar-refractivity contribution in [2.24, 2.45) is 7.05 Å². The standard InChI is InChI=1S/C12H15FN4O2S/c1-6(2)19-9-5-10(8(14)4-7(9)13)20-12-16-15-11(18)17(12)3/h4-6H,14H2,1-3H3,(H,15,18). The van der Waals surface area contributed by atoms with Crippen molar-refractivity contribution in [3.8, 4) is 5.75 Å². The van der Waals surface area contributed by atoms with Gasteiger partial charge in [0.15, 0.2) is 16.7 Å². The molecule has 0 aliphatic rings. The Kier molecular flexibility index (Phi) is 4.03. The molecule has 0 fully saturated rings. The summed E-state index contributed by atoms with van der Waals surface area (Å²) in [6, 6.07) is 2.71. The van der Waals surface area contributed by atoms with Crippen LogP contribution in [-0.2, 0) is 7.05 Å². The van der Waals surface area contributed by atoms with Gasteiger partial charge in [0.2, 0.25) is 0 Å². The topological polar surface area (TPSA) is 85.9 Å². The fourth-order valence-corrected chi connectivity index (χ4v) is 2.36. The van der Waals surface area contributed by atoms with Gasteiger partial charge in [0.05, 0.1) is 6.10 Å². The second-order valence-corrected chi connectivity index (χ2v) is 5.47. The Labute approximate surface area is 119 Å². The summed E-state index contributed by atoms with van der Waals surface area (Å²) in [5.41, 5.74) is 5.72. The average Bonchev–Trinajstić information content (AvgIpc) is 2.66. The highest BCUT2D eigenvalue weighted by atomic mass is 32.2. The summed E-state index contributed by atoms with van der Waals surface area (Å²) in [4.78, 5) is 11.9. The zero-order valence-electron chi connectivity index (χ0n) is 11.3. The number of nitrogens with one attached hydrogen (secondary N) is 1. The van der Waals surface area contributed by atoms with E-state index in [9.17, 15) is 9.18 Å². The molecule has 3 N–H and O–H groups in total. The number of nitrogens with two attached hydrogens (primary N) is 1. The average molecular weight is 298 g/mol. The molecule has 2 rings (SSSR count). The van der Waals surface area contributed by atoms with E-state index in [0.717, 1.165) is 11.8 Å². The van der Waals surface area contributed by atoms with Gasteiger partial charge in [-0.2, -0.15) is 0 Å². The SMILES string of the molecule is CC(C)Oc1cc(Sc2n[nH]c(=O)n2C)c(N)cc1F. The molecular weight excluding hydrogens is 283 g/mol. The van der Waals surface area contributed by atoms with E-state index in [-0.39, 0.29) is 23.2 Å². The molecule has 20 heavy (non-hydrogen) atoms. The maximum atomic E-state index is 13.7. The summed E-state index contributed by atoms with van der Waals surface area (Å²) in [6.45, 7) is 3.61. The largest absolute Gasteiger partial charge is 0.488 e. The molecule has 2 aromatic rings. The number of rotatable bonds is 4. The number of anilines is 1. The van der Waals surface area contributed by atoms with Gasteiger partial charge in [0.25, 0.3) is 0 Å². The Morgan fingerprint density at radius 2 is 2.20 bits per heavy atom. The third kappa shape index (κ3) is 2.96. The molecule has 0 aliphatic carbocycles. The Hall–Kier alpha value is -1.96. The number of nitrogens with zero attached hydrogens (tertiary/aromatic N) is 2. The van der Waals surface area contributed by atoms with Gasteiger partial charge in [-0.3, -0.25) is 4.57 Å². The third-order valence-electron chi connectivity index (χ3n) is 2.47. The number of H-pyrrole nitrogens is 1. The van der Waals surface area contributed by atoms with E-state index in [0.29, 0.717) is 10.1 Å². The minimum Gasteiger partial charge on any atom is -0.488 e. The molecule has 0 unspecified atom stereocenters. The molecule has 1 heterocycles. The van der Waals surface area contributed by atoms with Crippen LogP contribution < -0.4 is 16.2 Å². The predicted molar refractivity (Wildman–Crippen MR) is 74.5 cm³/mol. The summed E-state index contributed by atoms with van der Waals surface area (Å²) in [6.07, 6.45) is -0.152. The van der Waals surface area contributed by atoms with E-state index < -0.39 is 5.82 Å². The molecule has 8 heteroatoms. The second-order valence-electron chi connectivity index (χ2n) is 4.46. The minimum atomic E-state index is -0.517. The number of hydrogen-bond donors (Lipinski definition) is 2. The Morgan fingerprint density at radius 1 is 1.50 bits per heavy atom. The van der Waals surface area contributed by atoms with Crippen molar-refractivity contribution in [2.45, 2.75) is 30.0 Å². The van der Waals surface area contributed by atoms with Crippen LogP contribution in [0.5, 0.6) is 5.75 Å². The molecule has 0 aliphatic heterocycles. The third-order valence-corrected chi connectivity index (χ3v) is 3.59. The first-order valence-corrected chi connectivity index (χ1v) is 6.75. The number of halogens is 1. The number of benzene rings is 1. The summed E-state index contributed by atoms with van der Waals surface area (Å²) in [5.74, 6) is -0.395. The van der Waals surface area contributed by atoms with E-state index in [2.05, 4.69) is 10.2 Å². The molecule has 1 aromatic heterocycles. The van der Waals surface area contributed by atoms with Crippen molar-refractivity contribution < 1.29 is 9.13 Å². The molecule has 1 aromatic carbocycles. The quantitative estimate of drug-likeness (QED) is 0.840. The van der Waals surface area contributed by atoms with E-state index in [1.54, 1.807) is 20.9 Å². The first kappa shape index (κ1) is 14.4. The lowest BCUT2D eigenvalue weighted by molar-refractivity contribution is 0.230. The van der Waals surface area contributed by atoms with Gasteiger partial charge in [-0.1, -0.05) is 0 Å². The molecule has 0 saturated carbocycles. The fourth-order valence-electron chi connectivity index (χ4n) is 1.50. The van der Waals surface area contributed by atoms with Gasteiger partial charge < -0.3 is 10.5 Å². The smallest absolute Gasteiger partial charge is 0.343 e. The number of hydrogen-bond acceptors (Lipinski definition) is 5. The lowest BCUT2D eigenvalue weighted by Crippen LogP contribution is -2.12. The highest BCUT2D eigenvalue weighted by Crippen LogP contribution is 2.35. The Balaban J connectivity index is 2.36. The zero-order valence-corrected chi connectivity index (χ0v) is 12.1. The molecule has 0 amide bonds. The van der Waals surface area contributed by atoms with Crippen LogP contribution in [0.2, 0.25) is 0 Å². The normalized spacial score (nSPS) is 11.1. The molecule has 6 nitrogen and oxygen atoms in total. The number of nitrogen functional groups attached to an aromatic ring is 1. The predicted octanol–water partition coefficient (Wildman–Crippen LogP) is 1.77. The summed E-state index contributed by atoms with van der Waals surface area (Å²) in [7, 11) is 1.58. The van der Waals surface area contributed by atoms with Crippen molar-refractivity contribution in [3.05, 3.63) is 28.4 Å². The van der Waals surface area contributed by atoms with Crippen molar-refractivity contribution in [3.63, 3.8) is 0 Å². The fraction of sp³-hybridized carbons (Fsp3) is 0.333. The monoisotopic (exact) mass is 298 g/mol. The van der Waals surface area contributed by atoms with Crippen LogP contribution in [0.4, 0.5) is 10.1 Å². The van der Waals surface area contributed by atoms with Crippen LogP contribution in [0.25, 0.3) is 0 Å². The summed E-state index contributed by atoms with van der Waals surface area (Å²) in [5, 5.41) is 6.62. The summed E-state index contributed by atoms with van der Waals surface area (Å²) >= 11 is 1.16. The first-order valence-electron chi connectivity index (χ1n) is 5.93. The second kappa shape index (κ2) is 5.58. The van der Waals surface area contributed by atoms with E-state index in [1.807, 2.05) is 0 Å². The highest BCUT2D eigenvalue weighted by molar-refractivity contribution is 7.99. The maximum Gasteiger partial charge on any atom is 0.343 e. The van der Waals surface area contributed by atoms with Crippen LogP contribution in [-0.4, -0.2) is 20.9 Å². The Morgan fingerprint density at radius 3 is 2.75 bits per heavy atom. The highest BCUT2D eigenvalue weighted by Gasteiger charge is 2.14. The molecule has 108 valence electrons. The van der Waals surface area contributed by atoms with E-state index >= 15 is 0 Å². The first-order chi connectivity index (χ1) is 9.38. The lowest BCUT2D eigenvalue weighted by Gasteiger charge is -2.13. The van der Waals surface area contributed by atoms with E-state index in [1.165, 1.54) is 16.7 Å². The van der Waals surface area contributed by atoms with Gasteiger partial charge >= 0.3 is 5.69 Å². The number of aromatic amines is 1. The van der Waals surface area contributed by atoms with Gasteiger partial charge in [-0.25, -0.2) is 14.3 Å². The molecule has 0 saturated heterocycles. The van der Waals surface area contributed by atoms with Crippen LogP contribution in [0.1, 0.15) is 13.8 Å². The molecule has 0 atom stereocenters. The van der Waals surface area contributed by atoms with Gasteiger partial charge in [-0.15, -0.1) is 5.10 Å². The Bertz CT molecular complexity index is 681. The van der Waals surface area contributed by atoms with E-state index in [4.69, 9.17) is 10.5 Å². The lowest BCUT2D eigenvalue weighted by atomic mass is 10.3. The van der Waals surface area contributed by atoms with Gasteiger partial charge in [0, 0.05) is 23.7 Å². The molecular formula is C12H15FN4O2S. The van der Waals surface area contributed by atoms with Crippen molar-refractivity contribution in [1.82, 2.24) is 14.8 Å². The van der Waals surface area contributed by atoms with Crippen molar-refractivity contribution in [2.75, 3.05) is 5.73 Å². The minimum absolute atomic E-state index is 0.122. The van der Waals surface area contributed by atoms with Crippen molar-refractivity contribution >= 4 is 17.4 Å². The van der Waals surface area contributed by atoms with Crippen LogP contribution in [0, 0.1) is 5.82 Å². The van der Waals surface area contributed by atoms with Crippen LogP contribution in [0.15, 0.2) is 27.0 Å². The molecule has 0 bridgehead atoms. The van der Waals surface area contributed by atoms with Crippen LogP contribution in [0.3, 0.4) is 0 Å².